The highest BCUT2D eigenvalue weighted by atomic mass is 16.4. The Labute approximate surface area is 194 Å². The van der Waals surface area contributed by atoms with Gasteiger partial charge >= 0.3 is 5.97 Å². The second-order valence-corrected chi connectivity index (χ2v) is 9.00. The highest BCUT2D eigenvalue weighted by molar-refractivity contribution is 5.87. The minimum atomic E-state index is -1.21. The number of hydrogen-bond acceptors (Lipinski definition) is 4. The first-order valence-electron chi connectivity index (χ1n) is 11.4. The normalized spacial score (nSPS) is 15.3. The quantitative estimate of drug-likeness (QED) is 0.442. The van der Waals surface area contributed by atoms with E-state index in [9.17, 15) is 19.5 Å². The predicted octanol–water partition coefficient (Wildman–Crippen LogP) is 3.06. The van der Waals surface area contributed by atoms with Crippen LogP contribution in [0.5, 0.6) is 0 Å². The number of benzene rings is 2. The molecular formula is C26H32N2O5. The van der Waals surface area contributed by atoms with Gasteiger partial charge in [0.15, 0.2) is 0 Å². The fourth-order valence-electron chi connectivity index (χ4n) is 4.53. The molecule has 0 unspecified atom stereocenters. The molecule has 7 heteroatoms. The van der Waals surface area contributed by atoms with Gasteiger partial charge in [-0.05, 0) is 41.5 Å². The summed E-state index contributed by atoms with van der Waals surface area (Å²) >= 11 is 0. The van der Waals surface area contributed by atoms with Gasteiger partial charge in [0.1, 0.15) is 6.04 Å². The Morgan fingerprint density at radius 2 is 1.45 bits per heavy atom. The van der Waals surface area contributed by atoms with E-state index in [1.54, 1.807) is 20.8 Å². The molecule has 0 aliphatic heterocycles. The van der Waals surface area contributed by atoms with Crippen molar-refractivity contribution in [3.05, 3.63) is 59.7 Å². The Morgan fingerprint density at radius 3 is 1.97 bits per heavy atom. The number of carbonyl (C=O) groups is 3. The summed E-state index contributed by atoms with van der Waals surface area (Å²) < 4.78 is 0. The maximum atomic E-state index is 12.6. The van der Waals surface area contributed by atoms with Crippen molar-refractivity contribution in [1.82, 2.24) is 10.6 Å². The third-order valence-corrected chi connectivity index (χ3v) is 6.22. The molecule has 2 aromatic rings. The van der Waals surface area contributed by atoms with Crippen molar-refractivity contribution in [2.75, 3.05) is 0 Å². The first-order valence-corrected chi connectivity index (χ1v) is 11.4. The number of hydrogen-bond donors (Lipinski definition) is 4. The Kier molecular flexibility index (Phi) is 7.87. The van der Waals surface area contributed by atoms with Crippen LogP contribution in [0.3, 0.4) is 0 Å². The van der Waals surface area contributed by atoms with E-state index < -0.39 is 36.5 Å². The lowest BCUT2D eigenvalue weighted by molar-refractivity contribution is -0.140. The summed E-state index contributed by atoms with van der Waals surface area (Å²) in [4.78, 5) is 36.1. The van der Waals surface area contributed by atoms with Crippen LogP contribution in [0, 0.1) is 5.92 Å². The van der Waals surface area contributed by atoms with Crippen LogP contribution in [-0.2, 0) is 14.4 Å². The third-order valence-electron chi connectivity index (χ3n) is 6.22. The molecule has 2 aromatic carbocycles. The molecule has 0 spiro atoms. The topological polar surface area (TPSA) is 116 Å². The lowest BCUT2D eigenvalue weighted by Gasteiger charge is -2.28. The SMILES string of the molecule is CC(C)[C@@H](NC(=O)[C@@H](C)NC(=O)CCC1c2ccccc2-c2ccccc21)[C@@H](O)CC(=O)O. The Morgan fingerprint density at radius 1 is 0.909 bits per heavy atom. The van der Waals surface area contributed by atoms with Gasteiger partial charge in [-0.15, -0.1) is 0 Å². The maximum Gasteiger partial charge on any atom is 0.306 e. The number of aliphatic hydroxyl groups excluding tert-OH is 1. The molecule has 2 amide bonds. The zero-order chi connectivity index (χ0) is 24.1. The highest BCUT2D eigenvalue weighted by Gasteiger charge is 2.30. The maximum absolute atomic E-state index is 12.6. The van der Waals surface area contributed by atoms with Crippen LogP contribution in [0.1, 0.15) is 57.1 Å². The third kappa shape index (κ3) is 5.79. The van der Waals surface area contributed by atoms with E-state index in [0.717, 1.165) is 0 Å². The Balaban J connectivity index is 1.57. The predicted molar refractivity (Wildman–Crippen MR) is 126 cm³/mol. The molecular weight excluding hydrogens is 420 g/mol. The molecule has 7 nitrogen and oxygen atoms in total. The van der Waals surface area contributed by atoms with Gasteiger partial charge in [0.2, 0.25) is 11.8 Å². The lowest BCUT2D eigenvalue weighted by atomic mass is 9.92. The number of nitrogens with one attached hydrogen (secondary N) is 2. The van der Waals surface area contributed by atoms with Crippen LogP contribution in [0.15, 0.2) is 48.5 Å². The van der Waals surface area contributed by atoms with Gasteiger partial charge in [0.05, 0.1) is 18.6 Å². The van der Waals surface area contributed by atoms with Gasteiger partial charge in [-0.1, -0.05) is 62.4 Å². The highest BCUT2D eigenvalue weighted by Crippen LogP contribution is 2.46. The average molecular weight is 453 g/mol. The van der Waals surface area contributed by atoms with Gasteiger partial charge in [-0.2, -0.15) is 0 Å². The van der Waals surface area contributed by atoms with E-state index in [-0.39, 0.29) is 24.2 Å². The first kappa shape index (κ1) is 24.5. The van der Waals surface area contributed by atoms with Crippen LogP contribution in [0.2, 0.25) is 0 Å². The fourth-order valence-corrected chi connectivity index (χ4v) is 4.53. The summed E-state index contributed by atoms with van der Waals surface area (Å²) in [5.41, 5.74) is 4.82. The monoisotopic (exact) mass is 452 g/mol. The standard InChI is InChI=1S/C26H32N2O5/c1-15(2)25(22(29)14-24(31)32)28-26(33)16(3)27-23(30)13-12-21-19-10-6-4-8-17(19)18-9-5-7-11-20(18)21/h4-11,15-16,21-22,25,29H,12-14H2,1-3H3,(H,27,30)(H,28,33)(H,31,32)/t16-,22+,25-/m1/s1. The molecule has 0 radical (unpaired) electrons. The number of carboxylic acid groups (broad SMARTS) is 1. The van der Waals surface area contributed by atoms with Gasteiger partial charge in [-0.25, -0.2) is 0 Å². The number of aliphatic hydroxyl groups is 1. The molecule has 0 saturated carbocycles. The Bertz CT molecular complexity index is 974. The number of carboxylic acids is 1. The smallest absolute Gasteiger partial charge is 0.306 e. The van der Waals surface area contributed by atoms with E-state index in [1.165, 1.54) is 22.3 Å². The van der Waals surface area contributed by atoms with Crippen LogP contribution in [-0.4, -0.2) is 46.2 Å². The van der Waals surface area contributed by atoms with E-state index in [2.05, 4.69) is 34.9 Å². The minimum absolute atomic E-state index is 0.128. The molecule has 0 heterocycles. The molecule has 0 fully saturated rings. The molecule has 0 aromatic heterocycles. The number of fused-ring (bicyclic) bond motifs is 3. The summed E-state index contributed by atoms with van der Waals surface area (Å²) in [5.74, 6) is -1.87. The number of aliphatic carboxylic acids is 1. The zero-order valence-electron chi connectivity index (χ0n) is 19.2. The largest absolute Gasteiger partial charge is 0.481 e. The van der Waals surface area contributed by atoms with Crippen molar-refractivity contribution >= 4 is 17.8 Å². The Hall–Kier alpha value is -3.19. The van der Waals surface area contributed by atoms with Crippen LogP contribution >= 0.6 is 0 Å². The summed E-state index contributed by atoms with van der Waals surface area (Å²) in [6, 6.07) is 14.9. The molecule has 0 bridgehead atoms. The van der Waals surface area contributed by atoms with Gasteiger partial charge in [0, 0.05) is 12.3 Å². The van der Waals surface area contributed by atoms with Gasteiger partial charge < -0.3 is 20.8 Å². The molecule has 4 N–H and O–H groups in total. The van der Waals surface area contributed by atoms with E-state index in [1.807, 2.05) is 24.3 Å². The molecule has 3 atom stereocenters. The molecule has 3 rings (SSSR count). The van der Waals surface area contributed by atoms with E-state index in [4.69, 9.17) is 5.11 Å². The minimum Gasteiger partial charge on any atom is -0.481 e. The van der Waals surface area contributed by atoms with Crippen molar-refractivity contribution < 1.29 is 24.6 Å². The van der Waals surface area contributed by atoms with E-state index in [0.29, 0.717) is 6.42 Å². The van der Waals surface area contributed by atoms with E-state index >= 15 is 0 Å². The second-order valence-electron chi connectivity index (χ2n) is 9.00. The van der Waals surface area contributed by atoms with Gasteiger partial charge in [0.25, 0.3) is 0 Å². The number of carbonyl (C=O) groups excluding carboxylic acids is 2. The van der Waals surface area contributed by atoms with Crippen LogP contribution < -0.4 is 10.6 Å². The van der Waals surface area contributed by atoms with Crippen molar-refractivity contribution in [2.45, 2.75) is 64.1 Å². The summed E-state index contributed by atoms with van der Waals surface area (Å²) in [6.45, 7) is 5.15. The molecule has 1 aliphatic carbocycles. The van der Waals surface area contributed by atoms with Crippen molar-refractivity contribution in [2.24, 2.45) is 5.92 Å². The lowest BCUT2D eigenvalue weighted by Crippen LogP contribution is -2.53. The second kappa shape index (κ2) is 10.6. The number of amides is 2. The molecule has 33 heavy (non-hydrogen) atoms. The average Bonchev–Trinajstić information content (AvgIpc) is 3.08. The van der Waals surface area contributed by atoms with Gasteiger partial charge in [-0.3, -0.25) is 14.4 Å². The fraction of sp³-hybridized carbons (Fsp3) is 0.423. The van der Waals surface area contributed by atoms with Crippen LogP contribution in [0.4, 0.5) is 0 Å². The van der Waals surface area contributed by atoms with Crippen molar-refractivity contribution in [1.29, 1.82) is 0 Å². The van der Waals surface area contributed by atoms with Crippen LogP contribution in [0.25, 0.3) is 11.1 Å². The number of rotatable bonds is 10. The van der Waals surface area contributed by atoms with Crippen molar-refractivity contribution in [3.63, 3.8) is 0 Å². The summed E-state index contributed by atoms with van der Waals surface area (Å²) in [5, 5.41) is 24.5. The van der Waals surface area contributed by atoms with Crippen molar-refractivity contribution in [3.8, 4) is 11.1 Å². The summed E-state index contributed by atoms with van der Waals surface area (Å²) in [7, 11) is 0. The zero-order valence-corrected chi connectivity index (χ0v) is 19.2. The molecule has 1 aliphatic rings. The summed E-state index contributed by atoms with van der Waals surface area (Å²) in [6.07, 6.45) is -0.786. The molecule has 176 valence electrons. The molecule has 0 saturated heterocycles. The first-order chi connectivity index (χ1) is 15.7.